The van der Waals surface area contributed by atoms with E-state index in [0.717, 1.165) is 32.1 Å². The number of carboxylic acid groups (broad SMARTS) is 1. The van der Waals surface area contributed by atoms with E-state index >= 15 is 0 Å². The number of nitrogens with zero attached hydrogens (tertiary/aromatic N) is 1. The minimum Gasteiger partial charge on any atom is -0.480 e. The number of likely N-dealkylation sites (tertiary alicyclic amines) is 1. The molecular formula is C13H21NO4. The molecule has 1 amide bonds. The molecule has 0 aromatic rings. The normalized spacial score (nSPS) is 30.7. The summed E-state index contributed by atoms with van der Waals surface area (Å²) in [4.78, 5) is 25.2. The van der Waals surface area contributed by atoms with Crippen LogP contribution in [0.3, 0.4) is 0 Å². The third-order valence-electron chi connectivity index (χ3n) is 4.52. The molecule has 18 heavy (non-hydrogen) atoms. The van der Waals surface area contributed by atoms with Gasteiger partial charge in [-0.3, -0.25) is 4.79 Å². The first-order valence-electron chi connectivity index (χ1n) is 6.72. The Bertz CT molecular complexity index is 349. The molecule has 2 N–H and O–H groups in total. The van der Waals surface area contributed by atoms with Gasteiger partial charge < -0.3 is 15.1 Å². The zero-order valence-electron chi connectivity index (χ0n) is 10.8. The quantitative estimate of drug-likeness (QED) is 0.788. The summed E-state index contributed by atoms with van der Waals surface area (Å²) in [6, 6.07) is -0.850. The van der Waals surface area contributed by atoms with Gasteiger partial charge in [-0.2, -0.15) is 0 Å². The van der Waals surface area contributed by atoms with Crippen molar-refractivity contribution >= 4 is 11.9 Å². The van der Waals surface area contributed by atoms with E-state index < -0.39 is 18.1 Å². The Kier molecular flexibility index (Phi) is 3.61. The molecule has 1 heterocycles. The summed E-state index contributed by atoms with van der Waals surface area (Å²) in [5.74, 6) is -1.07. The zero-order chi connectivity index (χ0) is 13.3. The third kappa shape index (κ3) is 2.11. The van der Waals surface area contributed by atoms with Gasteiger partial charge in [-0.25, -0.2) is 4.79 Å². The molecule has 0 aromatic heterocycles. The highest BCUT2D eigenvalue weighted by molar-refractivity contribution is 5.88. The van der Waals surface area contributed by atoms with Crippen LogP contribution in [0.2, 0.25) is 0 Å². The molecule has 0 aromatic carbocycles. The average molecular weight is 255 g/mol. The predicted octanol–water partition coefficient (Wildman–Crippen LogP) is 1.00. The Hall–Kier alpha value is -1.10. The summed E-state index contributed by atoms with van der Waals surface area (Å²) in [7, 11) is 0. The molecule has 2 fully saturated rings. The van der Waals surface area contributed by atoms with Gasteiger partial charge in [0.2, 0.25) is 5.91 Å². The molecular weight excluding hydrogens is 234 g/mol. The first-order chi connectivity index (χ1) is 8.50. The standard InChI is InChI=1S/C13H21NO4/c1-2-13(5-3-4-6-13)12(18)14-8-9(15)7-10(14)11(16)17/h9-10,15H,2-8H2,1H3,(H,16,17)/t9-,10-/m1/s1. The highest BCUT2D eigenvalue weighted by atomic mass is 16.4. The second-order valence-electron chi connectivity index (χ2n) is 5.54. The molecule has 1 aliphatic heterocycles. The minimum atomic E-state index is -1.01. The number of rotatable bonds is 3. The number of hydrogen-bond acceptors (Lipinski definition) is 3. The molecule has 1 aliphatic carbocycles. The van der Waals surface area contributed by atoms with E-state index in [1.807, 2.05) is 6.92 Å². The van der Waals surface area contributed by atoms with E-state index in [9.17, 15) is 14.7 Å². The maximum Gasteiger partial charge on any atom is 0.326 e. The Morgan fingerprint density at radius 2 is 1.94 bits per heavy atom. The number of aliphatic hydroxyl groups is 1. The fourth-order valence-corrected chi connectivity index (χ4v) is 3.35. The Labute approximate surface area is 107 Å². The predicted molar refractivity (Wildman–Crippen MR) is 65.0 cm³/mol. The molecule has 2 rings (SSSR count). The van der Waals surface area contributed by atoms with E-state index in [4.69, 9.17) is 5.11 Å². The highest BCUT2D eigenvalue weighted by Crippen LogP contribution is 2.43. The van der Waals surface area contributed by atoms with Crippen LogP contribution < -0.4 is 0 Å². The molecule has 5 nitrogen and oxygen atoms in total. The first-order valence-corrected chi connectivity index (χ1v) is 6.72. The lowest BCUT2D eigenvalue weighted by Gasteiger charge is -2.33. The lowest BCUT2D eigenvalue weighted by Crippen LogP contribution is -2.47. The maximum absolute atomic E-state index is 12.6. The number of aliphatic carboxylic acids is 1. The fraction of sp³-hybridized carbons (Fsp3) is 0.846. The topological polar surface area (TPSA) is 77.8 Å². The Morgan fingerprint density at radius 1 is 1.33 bits per heavy atom. The third-order valence-corrected chi connectivity index (χ3v) is 4.52. The molecule has 2 aliphatic rings. The van der Waals surface area contributed by atoms with Crippen LogP contribution in [-0.4, -0.2) is 45.7 Å². The van der Waals surface area contributed by atoms with E-state index in [1.54, 1.807) is 0 Å². The van der Waals surface area contributed by atoms with Crippen LogP contribution in [-0.2, 0) is 9.59 Å². The zero-order valence-corrected chi connectivity index (χ0v) is 10.8. The smallest absolute Gasteiger partial charge is 0.326 e. The van der Waals surface area contributed by atoms with Crippen molar-refractivity contribution in [2.45, 2.75) is 57.6 Å². The first kappa shape index (κ1) is 13.3. The second-order valence-corrected chi connectivity index (χ2v) is 5.54. The van der Waals surface area contributed by atoms with Gasteiger partial charge >= 0.3 is 5.97 Å². The van der Waals surface area contributed by atoms with Crippen molar-refractivity contribution in [3.8, 4) is 0 Å². The molecule has 0 radical (unpaired) electrons. The molecule has 5 heteroatoms. The average Bonchev–Trinajstić information content (AvgIpc) is 2.95. The Balaban J connectivity index is 2.19. The summed E-state index contributed by atoms with van der Waals surface area (Å²) in [6.07, 6.45) is 3.97. The van der Waals surface area contributed by atoms with Gasteiger partial charge in [0.05, 0.1) is 6.10 Å². The summed E-state index contributed by atoms with van der Waals surface area (Å²) in [6.45, 7) is 2.16. The highest BCUT2D eigenvalue weighted by Gasteiger charge is 2.48. The lowest BCUT2D eigenvalue weighted by molar-refractivity contribution is -0.153. The Morgan fingerprint density at radius 3 is 2.44 bits per heavy atom. The molecule has 102 valence electrons. The van der Waals surface area contributed by atoms with Gasteiger partial charge in [0.1, 0.15) is 6.04 Å². The van der Waals surface area contributed by atoms with Gasteiger partial charge in [0.15, 0.2) is 0 Å². The number of carboxylic acids is 1. The van der Waals surface area contributed by atoms with Crippen molar-refractivity contribution in [2.75, 3.05) is 6.54 Å². The summed E-state index contributed by atoms with van der Waals surface area (Å²) < 4.78 is 0. The van der Waals surface area contributed by atoms with Gasteiger partial charge in [-0.05, 0) is 19.3 Å². The van der Waals surface area contributed by atoms with E-state index in [2.05, 4.69) is 0 Å². The molecule has 1 saturated carbocycles. The van der Waals surface area contributed by atoms with Crippen LogP contribution in [0.1, 0.15) is 45.4 Å². The van der Waals surface area contributed by atoms with Gasteiger partial charge in [0.25, 0.3) is 0 Å². The molecule has 0 spiro atoms. The van der Waals surface area contributed by atoms with Crippen molar-refractivity contribution in [2.24, 2.45) is 5.41 Å². The monoisotopic (exact) mass is 255 g/mol. The maximum atomic E-state index is 12.6. The molecule has 1 saturated heterocycles. The van der Waals surface area contributed by atoms with Gasteiger partial charge in [0, 0.05) is 18.4 Å². The van der Waals surface area contributed by atoms with E-state index in [1.165, 1.54) is 4.90 Å². The summed E-state index contributed by atoms with van der Waals surface area (Å²) >= 11 is 0. The number of aliphatic hydroxyl groups excluding tert-OH is 1. The van der Waals surface area contributed by atoms with Crippen LogP contribution in [0.25, 0.3) is 0 Å². The van der Waals surface area contributed by atoms with Crippen molar-refractivity contribution in [3.05, 3.63) is 0 Å². The van der Waals surface area contributed by atoms with Crippen LogP contribution in [0.5, 0.6) is 0 Å². The number of carbonyl (C=O) groups excluding carboxylic acids is 1. The van der Waals surface area contributed by atoms with Crippen molar-refractivity contribution in [1.82, 2.24) is 4.90 Å². The van der Waals surface area contributed by atoms with Crippen molar-refractivity contribution in [3.63, 3.8) is 0 Å². The van der Waals surface area contributed by atoms with Crippen molar-refractivity contribution in [1.29, 1.82) is 0 Å². The largest absolute Gasteiger partial charge is 0.480 e. The van der Waals surface area contributed by atoms with Crippen molar-refractivity contribution < 1.29 is 19.8 Å². The molecule has 0 unspecified atom stereocenters. The molecule has 0 bridgehead atoms. The van der Waals surface area contributed by atoms with E-state index in [-0.39, 0.29) is 24.3 Å². The minimum absolute atomic E-state index is 0.0635. The number of amides is 1. The van der Waals surface area contributed by atoms with Gasteiger partial charge in [-0.1, -0.05) is 19.8 Å². The summed E-state index contributed by atoms with van der Waals surface area (Å²) in [5, 5.41) is 18.8. The molecule has 2 atom stereocenters. The van der Waals surface area contributed by atoms with Crippen LogP contribution in [0.4, 0.5) is 0 Å². The SMILES string of the molecule is CCC1(C(=O)N2C[C@H](O)C[C@@H]2C(=O)O)CCCC1. The number of carbonyl (C=O) groups is 2. The van der Waals surface area contributed by atoms with E-state index in [0.29, 0.717) is 0 Å². The van der Waals surface area contributed by atoms with Crippen LogP contribution >= 0.6 is 0 Å². The number of hydrogen-bond donors (Lipinski definition) is 2. The number of β-amino-alcohol motifs (C(OH)–C–C–N with tert-alkyl or cyclic N) is 1. The second kappa shape index (κ2) is 4.88. The van der Waals surface area contributed by atoms with Gasteiger partial charge in [-0.15, -0.1) is 0 Å². The fourth-order valence-electron chi connectivity index (χ4n) is 3.35. The van der Waals surface area contributed by atoms with Crippen LogP contribution in [0, 0.1) is 5.41 Å². The van der Waals surface area contributed by atoms with Crippen LogP contribution in [0.15, 0.2) is 0 Å². The summed E-state index contributed by atoms with van der Waals surface area (Å²) in [5.41, 5.74) is -0.377. The lowest BCUT2D eigenvalue weighted by atomic mass is 9.81.